The van der Waals surface area contributed by atoms with Crippen LogP contribution in [-0.4, -0.2) is 55.7 Å². The van der Waals surface area contributed by atoms with Crippen LogP contribution >= 0.6 is 0 Å². The molecule has 8 nitrogen and oxygen atoms in total. The molecule has 2 atom stereocenters. The third kappa shape index (κ3) is 11.5. The van der Waals surface area contributed by atoms with Crippen LogP contribution < -0.4 is 16.4 Å². The highest BCUT2D eigenvalue weighted by Gasteiger charge is 2.23. The van der Waals surface area contributed by atoms with Gasteiger partial charge in [0.15, 0.2) is 0 Å². The summed E-state index contributed by atoms with van der Waals surface area (Å²) in [5.74, 6) is -1.42. The lowest BCUT2D eigenvalue weighted by Crippen LogP contribution is -2.41. The summed E-state index contributed by atoms with van der Waals surface area (Å²) in [7, 11) is 0. The number of carbonyl (C=O) groups excluding carboxylic acids is 3. The normalized spacial score (nSPS) is 13.2. The average Bonchev–Trinajstić information content (AvgIpc) is 2.51. The van der Waals surface area contributed by atoms with Gasteiger partial charge >= 0.3 is 0 Å². The van der Waals surface area contributed by atoms with Crippen LogP contribution in [-0.2, 0) is 19.1 Å². The van der Waals surface area contributed by atoms with Crippen molar-refractivity contribution in [2.75, 3.05) is 32.9 Å². The molecule has 0 bridgehead atoms. The molecule has 0 aromatic heterocycles. The molecule has 0 aliphatic rings. The molecule has 0 rings (SSSR count). The zero-order valence-electron chi connectivity index (χ0n) is 14.0. The first-order valence-electron chi connectivity index (χ1n) is 7.91. The van der Waals surface area contributed by atoms with Crippen LogP contribution in [0, 0.1) is 11.8 Å². The second-order valence-corrected chi connectivity index (χ2v) is 5.52. The van der Waals surface area contributed by atoms with Crippen LogP contribution in [0.15, 0.2) is 0 Å². The van der Waals surface area contributed by atoms with Gasteiger partial charge in [0.25, 0.3) is 0 Å². The molecule has 0 saturated heterocycles. The van der Waals surface area contributed by atoms with E-state index in [1.165, 1.54) is 0 Å². The third-order valence-corrected chi connectivity index (χ3v) is 3.43. The van der Waals surface area contributed by atoms with E-state index in [9.17, 15) is 14.4 Å². The highest BCUT2D eigenvalue weighted by molar-refractivity contribution is 5.88. The standard InChI is InChI=1S/C15H29N3O5/c1-3-11(2)8-12(9-13(16)20)15(22)18-10-14(21)17-4-6-23-7-5-19/h11-12,19H,3-10H2,1-2H3,(H2,16,20)(H,17,21)(H,18,22). The van der Waals surface area contributed by atoms with E-state index >= 15 is 0 Å². The number of primary amides is 1. The maximum atomic E-state index is 12.1. The number of aliphatic hydroxyl groups is 1. The molecule has 0 aliphatic carbocycles. The van der Waals surface area contributed by atoms with Crippen molar-refractivity contribution in [1.82, 2.24) is 10.6 Å². The van der Waals surface area contributed by atoms with Crippen molar-refractivity contribution in [2.24, 2.45) is 17.6 Å². The predicted molar refractivity (Wildman–Crippen MR) is 85.3 cm³/mol. The van der Waals surface area contributed by atoms with E-state index in [2.05, 4.69) is 10.6 Å². The van der Waals surface area contributed by atoms with E-state index in [1.807, 2.05) is 13.8 Å². The summed E-state index contributed by atoms with van der Waals surface area (Å²) in [5.41, 5.74) is 5.18. The lowest BCUT2D eigenvalue weighted by Gasteiger charge is -2.18. The van der Waals surface area contributed by atoms with Gasteiger partial charge in [-0.15, -0.1) is 0 Å². The zero-order valence-corrected chi connectivity index (χ0v) is 14.0. The Labute approximate surface area is 137 Å². The quantitative estimate of drug-likeness (QED) is 0.327. The molecular formula is C15H29N3O5. The van der Waals surface area contributed by atoms with Gasteiger partial charge in [0.05, 0.1) is 26.4 Å². The molecule has 0 aliphatic heterocycles. The van der Waals surface area contributed by atoms with Crippen LogP contribution in [0.2, 0.25) is 0 Å². The van der Waals surface area contributed by atoms with Gasteiger partial charge in [0.1, 0.15) is 0 Å². The first-order valence-corrected chi connectivity index (χ1v) is 7.91. The van der Waals surface area contributed by atoms with Crippen LogP contribution in [0.25, 0.3) is 0 Å². The Hall–Kier alpha value is -1.67. The number of carbonyl (C=O) groups is 3. The Morgan fingerprint density at radius 2 is 1.91 bits per heavy atom. The van der Waals surface area contributed by atoms with Crippen molar-refractivity contribution in [3.8, 4) is 0 Å². The molecule has 134 valence electrons. The van der Waals surface area contributed by atoms with Gasteiger partial charge in [-0.05, 0) is 12.3 Å². The molecule has 0 aromatic carbocycles. The smallest absolute Gasteiger partial charge is 0.239 e. The van der Waals surface area contributed by atoms with E-state index in [0.717, 1.165) is 6.42 Å². The van der Waals surface area contributed by atoms with E-state index in [4.69, 9.17) is 15.6 Å². The molecule has 0 fully saturated rings. The summed E-state index contributed by atoms with van der Waals surface area (Å²) in [6.07, 6.45) is 1.44. The van der Waals surface area contributed by atoms with Gasteiger partial charge < -0.3 is 26.2 Å². The number of amides is 3. The maximum Gasteiger partial charge on any atom is 0.239 e. The molecule has 0 heterocycles. The summed E-state index contributed by atoms with van der Waals surface area (Å²) in [4.78, 5) is 34.8. The molecule has 23 heavy (non-hydrogen) atoms. The monoisotopic (exact) mass is 331 g/mol. The number of rotatable bonds is 13. The number of nitrogens with two attached hydrogens (primary N) is 1. The first-order chi connectivity index (χ1) is 10.9. The van der Waals surface area contributed by atoms with Crippen molar-refractivity contribution in [3.05, 3.63) is 0 Å². The molecule has 5 N–H and O–H groups in total. The summed E-state index contributed by atoms with van der Waals surface area (Å²) >= 11 is 0. The first kappa shape index (κ1) is 21.3. The maximum absolute atomic E-state index is 12.1. The second-order valence-electron chi connectivity index (χ2n) is 5.52. The van der Waals surface area contributed by atoms with Gasteiger partial charge in [-0.25, -0.2) is 0 Å². The van der Waals surface area contributed by atoms with E-state index in [-0.39, 0.29) is 38.0 Å². The van der Waals surface area contributed by atoms with Crippen molar-refractivity contribution < 1.29 is 24.2 Å². The number of aliphatic hydroxyl groups excluding tert-OH is 1. The van der Waals surface area contributed by atoms with E-state index in [0.29, 0.717) is 25.5 Å². The molecule has 8 heteroatoms. The number of hydrogen-bond acceptors (Lipinski definition) is 5. The molecule has 3 amide bonds. The Kier molecular flexibility index (Phi) is 11.9. The fourth-order valence-electron chi connectivity index (χ4n) is 1.98. The minimum atomic E-state index is -0.529. The molecule has 0 radical (unpaired) electrons. The Bertz CT molecular complexity index is 376. The molecule has 0 spiro atoms. The van der Waals surface area contributed by atoms with Gasteiger partial charge in [-0.1, -0.05) is 20.3 Å². The Balaban J connectivity index is 4.14. The van der Waals surface area contributed by atoms with Gasteiger partial charge in [0, 0.05) is 18.9 Å². The van der Waals surface area contributed by atoms with Crippen LogP contribution in [0.5, 0.6) is 0 Å². The average molecular weight is 331 g/mol. The zero-order chi connectivity index (χ0) is 17.7. The van der Waals surface area contributed by atoms with Crippen molar-refractivity contribution in [2.45, 2.75) is 33.1 Å². The van der Waals surface area contributed by atoms with Crippen molar-refractivity contribution in [3.63, 3.8) is 0 Å². The van der Waals surface area contributed by atoms with E-state index in [1.54, 1.807) is 0 Å². The molecule has 2 unspecified atom stereocenters. The topological polar surface area (TPSA) is 131 Å². The van der Waals surface area contributed by atoms with Crippen LogP contribution in [0.1, 0.15) is 33.1 Å². The molecule has 0 saturated carbocycles. The highest BCUT2D eigenvalue weighted by atomic mass is 16.5. The summed E-state index contributed by atoms with van der Waals surface area (Å²) in [6.45, 7) is 4.59. The molecular weight excluding hydrogens is 302 g/mol. The minimum absolute atomic E-state index is 0.0210. The molecule has 0 aromatic rings. The second kappa shape index (κ2) is 12.8. The Morgan fingerprint density at radius 1 is 1.22 bits per heavy atom. The number of hydrogen-bond donors (Lipinski definition) is 4. The van der Waals surface area contributed by atoms with Gasteiger partial charge in [-0.3, -0.25) is 14.4 Å². The summed E-state index contributed by atoms with van der Waals surface area (Å²) in [6, 6.07) is 0. The largest absolute Gasteiger partial charge is 0.394 e. The van der Waals surface area contributed by atoms with Gasteiger partial charge in [0.2, 0.25) is 17.7 Å². The lowest BCUT2D eigenvalue weighted by molar-refractivity contribution is -0.131. The fourth-order valence-corrected chi connectivity index (χ4v) is 1.98. The lowest BCUT2D eigenvalue weighted by atomic mass is 9.90. The highest BCUT2D eigenvalue weighted by Crippen LogP contribution is 2.18. The number of ether oxygens (including phenoxy) is 1. The third-order valence-electron chi connectivity index (χ3n) is 3.43. The van der Waals surface area contributed by atoms with Crippen molar-refractivity contribution in [1.29, 1.82) is 0 Å². The SMILES string of the molecule is CCC(C)CC(CC(N)=O)C(=O)NCC(=O)NCCOCCO. The van der Waals surface area contributed by atoms with Crippen molar-refractivity contribution >= 4 is 17.7 Å². The number of nitrogens with one attached hydrogen (secondary N) is 2. The van der Waals surface area contributed by atoms with Crippen LogP contribution in [0.3, 0.4) is 0 Å². The predicted octanol–water partition coefficient (Wildman–Crippen LogP) is -0.844. The minimum Gasteiger partial charge on any atom is -0.394 e. The summed E-state index contributed by atoms with van der Waals surface area (Å²) in [5, 5.41) is 13.6. The van der Waals surface area contributed by atoms with Crippen LogP contribution in [0.4, 0.5) is 0 Å². The fraction of sp³-hybridized carbons (Fsp3) is 0.800. The van der Waals surface area contributed by atoms with E-state index < -0.39 is 11.8 Å². The summed E-state index contributed by atoms with van der Waals surface area (Å²) < 4.78 is 4.99. The Morgan fingerprint density at radius 3 is 2.48 bits per heavy atom. The van der Waals surface area contributed by atoms with Gasteiger partial charge in [-0.2, -0.15) is 0 Å².